The molecule has 0 saturated heterocycles. The van der Waals surface area contributed by atoms with Crippen LogP contribution < -0.4 is 11.1 Å². The highest BCUT2D eigenvalue weighted by atomic mass is 16.1. The smallest absolute Gasteiger partial charge is 0.217 e. The molecule has 1 atom stereocenters. The van der Waals surface area contributed by atoms with Gasteiger partial charge in [-0.1, -0.05) is 37.3 Å². The number of primary amides is 1. The number of nitrogens with one attached hydrogen (secondary N) is 1. The van der Waals surface area contributed by atoms with Gasteiger partial charge in [-0.25, -0.2) is 0 Å². The average Bonchev–Trinajstić information content (AvgIpc) is 2.18. The van der Waals surface area contributed by atoms with Gasteiger partial charge in [0.05, 0.1) is 0 Å². The molecule has 0 saturated carbocycles. The van der Waals surface area contributed by atoms with Gasteiger partial charge in [0.15, 0.2) is 0 Å². The molecule has 1 rings (SSSR count). The van der Waals surface area contributed by atoms with Gasteiger partial charge in [-0.15, -0.1) is 0 Å². The van der Waals surface area contributed by atoms with Crippen molar-refractivity contribution in [2.45, 2.75) is 19.9 Å². The molecule has 1 aromatic carbocycles. The lowest BCUT2D eigenvalue weighted by atomic mass is 10.1. The third-order valence-corrected chi connectivity index (χ3v) is 2.21. The van der Waals surface area contributed by atoms with Crippen molar-refractivity contribution >= 4 is 5.91 Å². The molecule has 1 amide bonds. The molecule has 0 aliphatic heterocycles. The summed E-state index contributed by atoms with van der Waals surface area (Å²) < 4.78 is 0. The van der Waals surface area contributed by atoms with E-state index in [1.165, 1.54) is 5.56 Å². The number of hydrogen-bond donors (Lipinski definition) is 2. The van der Waals surface area contributed by atoms with Crippen LogP contribution >= 0.6 is 0 Å². The average molecular weight is 206 g/mol. The lowest BCUT2D eigenvalue weighted by molar-refractivity contribution is -0.118. The summed E-state index contributed by atoms with van der Waals surface area (Å²) >= 11 is 0. The molecular formula is C12H18N2O. The third kappa shape index (κ3) is 5.18. The second kappa shape index (κ2) is 6.19. The van der Waals surface area contributed by atoms with Gasteiger partial charge in [-0.3, -0.25) is 4.79 Å². The summed E-state index contributed by atoms with van der Waals surface area (Å²) in [7, 11) is 0. The van der Waals surface area contributed by atoms with E-state index in [1.807, 2.05) is 25.1 Å². The zero-order valence-electron chi connectivity index (χ0n) is 9.07. The second-order valence-electron chi connectivity index (χ2n) is 3.89. The molecular weight excluding hydrogens is 188 g/mol. The van der Waals surface area contributed by atoms with Crippen molar-refractivity contribution in [1.82, 2.24) is 5.32 Å². The van der Waals surface area contributed by atoms with Crippen molar-refractivity contribution in [3.8, 4) is 0 Å². The summed E-state index contributed by atoms with van der Waals surface area (Å²) in [6.07, 6.45) is 0.446. The van der Waals surface area contributed by atoms with Gasteiger partial charge in [-0.2, -0.15) is 0 Å². The topological polar surface area (TPSA) is 55.1 Å². The van der Waals surface area contributed by atoms with Gasteiger partial charge < -0.3 is 11.1 Å². The highest BCUT2D eigenvalue weighted by molar-refractivity contribution is 5.73. The fourth-order valence-corrected chi connectivity index (χ4v) is 1.47. The normalized spacial score (nSPS) is 12.3. The van der Waals surface area contributed by atoms with E-state index < -0.39 is 0 Å². The molecule has 0 aliphatic rings. The number of carbonyl (C=O) groups excluding carboxylic acids is 1. The van der Waals surface area contributed by atoms with Crippen LogP contribution in [0.1, 0.15) is 18.9 Å². The fraction of sp³-hybridized carbons (Fsp3) is 0.417. The summed E-state index contributed by atoms with van der Waals surface area (Å²) in [5, 5.41) is 3.30. The molecule has 0 heterocycles. The van der Waals surface area contributed by atoms with Crippen molar-refractivity contribution in [2.75, 3.05) is 6.54 Å². The van der Waals surface area contributed by atoms with E-state index in [1.54, 1.807) is 0 Å². The Bertz CT molecular complexity index is 298. The molecule has 3 nitrogen and oxygen atoms in total. The summed E-state index contributed by atoms with van der Waals surface area (Å²) in [6, 6.07) is 10.2. The monoisotopic (exact) mass is 206 g/mol. The van der Waals surface area contributed by atoms with Crippen LogP contribution in [0.2, 0.25) is 0 Å². The number of amides is 1. The van der Waals surface area contributed by atoms with Crippen molar-refractivity contribution in [1.29, 1.82) is 0 Å². The van der Waals surface area contributed by atoms with Gasteiger partial charge >= 0.3 is 0 Å². The minimum absolute atomic E-state index is 0.232. The van der Waals surface area contributed by atoms with Crippen LogP contribution in [-0.4, -0.2) is 12.5 Å². The number of nitrogens with two attached hydrogens (primary N) is 1. The highest BCUT2D eigenvalue weighted by Gasteiger charge is 2.04. The Morgan fingerprint density at radius 2 is 2.07 bits per heavy atom. The summed E-state index contributed by atoms with van der Waals surface area (Å²) in [5.74, 6) is 0.0650. The van der Waals surface area contributed by atoms with Crippen LogP contribution in [0.4, 0.5) is 0 Å². The molecule has 0 radical (unpaired) electrons. The van der Waals surface area contributed by atoms with Gasteiger partial charge in [0.2, 0.25) is 5.91 Å². The number of carbonyl (C=O) groups is 1. The van der Waals surface area contributed by atoms with Crippen LogP contribution in [0.15, 0.2) is 30.3 Å². The highest BCUT2D eigenvalue weighted by Crippen LogP contribution is 2.01. The van der Waals surface area contributed by atoms with E-state index in [-0.39, 0.29) is 5.91 Å². The summed E-state index contributed by atoms with van der Waals surface area (Å²) in [5.41, 5.74) is 6.36. The minimum atomic E-state index is -0.232. The molecule has 0 spiro atoms. The lowest BCUT2D eigenvalue weighted by Crippen LogP contribution is -2.24. The first-order chi connectivity index (χ1) is 7.18. The van der Waals surface area contributed by atoms with Gasteiger partial charge in [-0.05, 0) is 18.0 Å². The van der Waals surface area contributed by atoms with Crippen molar-refractivity contribution < 1.29 is 4.79 Å². The Balaban J connectivity index is 2.19. The maximum absolute atomic E-state index is 10.6. The fourth-order valence-electron chi connectivity index (χ4n) is 1.47. The molecule has 15 heavy (non-hydrogen) atoms. The SMILES string of the molecule is CC(CNCc1ccccc1)CC(N)=O. The Hall–Kier alpha value is -1.35. The number of rotatable bonds is 6. The molecule has 1 unspecified atom stereocenters. The van der Waals surface area contributed by atoms with E-state index in [0.717, 1.165) is 13.1 Å². The van der Waals surface area contributed by atoms with E-state index >= 15 is 0 Å². The van der Waals surface area contributed by atoms with Gasteiger partial charge in [0.25, 0.3) is 0 Å². The maximum Gasteiger partial charge on any atom is 0.217 e. The van der Waals surface area contributed by atoms with E-state index in [4.69, 9.17) is 5.73 Å². The lowest BCUT2D eigenvalue weighted by Gasteiger charge is -2.10. The Kier molecular flexibility index (Phi) is 4.84. The Morgan fingerprint density at radius 1 is 1.40 bits per heavy atom. The van der Waals surface area contributed by atoms with Crippen LogP contribution in [0.3, 0.4) is 0 Å². The van der Waals surface area contributed by atoms with E-state index in [2.05, 4.69) is 17.4 Å². The van der Waals surface area contributed by atoms with Gasteiger partial charge in [0, 0.05) is 13.0 Å². The maximum atomic E-state index is 10.6. The Labute approximate surface area is 90.7 Å². The number of hydrogen-bond acceptors (Lipinski definition) is 2. The number of benzene rings is 1. The van der Waals surface area contributed by atoms with Crippen molar-refractivity contribution in [2.24, 2.45) is 11.7 Å². The predicted octanol–water partition coefficient (Wildman–Crippen LogP) is 1.29. The second-order valence-corrected chi connectivity index (χ2v) is 3.89. The van der Waals surface area contributed by atoms with E-state index in [0.29, 0.717) is 12.3 Å². The zero-order chi connectivity index (χ0) is 11.1. The third-order valence-electron chi connectivity index (χ3n) is 2.21. The molecule has 0 aliphatic carbocycles. The molecule has 0 fully saturated rings. The van der Waals surface area contributed by atoms with E-state index in [9.17, 15) is 4.79 Å². The molecule has 1 aromatic rings. The first kappa shape index (κ1) is 11.7. The summed E-state index contributed by atoms with van der Waals surface area (Å²) in [6.45, 7) is 3.67. The van der Waals surface area contributed by atoms with Crippen molar-refractivity contribution in [3.63, 3.8) is 0 Å². The predicted molar refractivity (Wildman–Crippen MR) is 61.1 cm³/mol. The molecule has 3 heteroatoms. The molecule has 0 bridgehead atoms. The van der Waals surface area contributed by atoms with Gasteiger partial charge in [0.1, 0.15) is 0 Å². The standard InChI is InChI=1S/C12H18N2O/c1-10(7-12(13)15)8-14-9-11-5-3-2-4-6-11/h2-6,10,14H,7-9H2,1H3,(H2,13,15). The quantitative estimate of drug-likeness (QED) is 0.737. The largest absolute Gasteiger partial charge is 0.370 e. The molecule has 3 N–H and O–H groups in total. The van der Waals surface area contributed by atoms with Crippen LogP contribution in [0, 0.1) is 5.92 Å². The van der Waals surface area contributed by atoms with Crippen molar-refractivity contribution in [3.05, 3.63) is 35.9 Å². The molecule has 0 aromatic heterocycles. The van der Waals surface area contributed by atoms with Crippen LogP contribution in [-0.2, 0) is 11.3 Å². The van der Waals surface area contributed by atoms with Crippen LogP contribution in [0.25, 0.3) is 0 Å². The minimum Gasteiger partial charge on any atom is -0.370 e. The first-order valence-corrected chi connectivity index (χ1v) is 5.21. The summed E-state index contributed by atoms with van der Waals surface area (Å²) in [4.78, 5) is 10.6. The van der Waals surface area contributed by atoms with Crippen LogP contribution in [0.5, 0.6) is 0 Å². The first-order valence-electron chi connectivity index (χ1n) is 5.21. The zero-order valence-corrected chi connectivity index (χ0v) is 9.07. The molecule has 82 valence electrons. The Morgan fingerprint density at radius 3 is 2.67 bits per heavy atom.